The van der Waals surface area contributed by atoms with Crippen molar-refractivity contribution in [1.29, 1.82) is 0 Å². The molecular weight excluding hydrogens is 372 g/mol. The molecule has 0 aliphatic carbocycles. The molecular formula is C20H22N6OS. The van der Waals surface area contributed by atoms with Crippen LogP contribution in [0.4, 0.5) is 9.93 Å². The fourth-order valence-electron chi connectivity index (χ4n) is 3.42. The molecule has 1 atom stereocenters. The van der Waals surface area contributed by atoms with E-state index in [9.17, 15) is 4.79 Å². The van der Waals surface area contributed by atoms with Gasteiger partial charge in [0, 0.05) is 30.6 Å². The fourth-order valence-corrected chi connectivity index (χ4v) is 4.37. The van der Waals surface area contributed by atoms with Crippen LogP contribution in [-0.2, 0) is 13.0 Å². The van der Waals surface area contributed by atoms with Crippen LogP contribution in [0.5, 0.6) is 0 Å². The van der Waals surface area contributed by atoms with Crippen molar-refractivity contribution >= 4 is 22.5 Å². The Morgan fingerprint density at radius 1 is 1.29 bits per heavy atom. The van der Waals surface area contributed by atoms with Gasteiger partial charge in [0.1, 0.15) is 10.8 Å². The Balaban J connectivity index is 1.44. The monoisotopic (exact) mass is 394 g/mol. The average molecular weight is 395 g/mol. The third-order valence-electron chi connectivity index (χ3n) is 4.90. The molecule has 0 radical (unpaired) electrons. The topological polar surface area (TPSA) is 83.9 Å². The summed E-state index contributed by atoms with van der Waals surface area (Å²) in [5.74, 6) is 0.952. The zero-order valence-electron chi connectivity index (χ0n) is 15.9. The third kappa shape index (κ3) is 3.87. The molecule has 1 N–H and O–H groups in total. The summed E-state index contributed by atoms with van der Waals surface area (Å²) in [5.41, 5.74) is 3.24. The van der Waals surface area contributed by atoms with Crippen molar-refractivity contribution in [1.82, 2.24) is 25.1 Å². The lowest BCUT2D eigenvalue weighted by Gasteiger charge is -2.27. The summed E-state index contributed by atoms with van der Waals surface area (Å²) < 4.78 is 0. The number of fused-ring (bicyclic) bond motifs is 1. The van der Waals surface area contributed by atoms with E-state index in [0.717, 1.165) is 34.9 Å². The molecule has 3 aromatic rings. The van der Waals surface area contributed by atoms with E-state index in [-0.39, 0.29) is 11.9 Å². The standard InChI is InChI=1S/C20H22N6OS/c1-3-16(14-7-5-4-6-8-14)18-24-25-19(28-18)23-20(27)26-10-9-17-15(12-26)11-21-13(2)22-17/h4-8,11,16H,3,9-10,12H2,1-2H3,(H,23,25,27). The van der Waals surface area contributed by atoms with Crippen molar-refractivity contribution in [3.8, 4) is 0 Å². The maximum absolute atomic E-state index is 12.7. The van der Waals surface area contributed by atoms with E-state index in [1.807, 2.05) is 31.3 Å². The number of benzene rings is 1. The molecule has 0 saturated heterocycles. The fraction of sp³-hybridized carbons (Fsp3) is 0.350. The first kappa shape index (κ1) is 18.5. The lowest BCUT2D eigenvalue weighted by molar-refractivity contribution is 0.205. The molecule has 1 unspecified atom stereocenters. The van der Waals surface area contributed by atoms with Crippen molar-refractivity contribution in [2.45, 2.75) is 39.2 Å². The first-order valence-electron chi connectivity index (χ1n) is 9.39. The summed E-state index contributed by atoms with van der Waals surface area (Å²) in [4.78, 5) is 23.1. The van der Waals surface area contributed by atoms with Crippen LogP contribution >= 0.6 is 11.3 Å². The summed E-state index contributed by atoms with van der Waals surface area (Å²) in [7, 11) is 0. The highest BCUT2D eigenvalue weighted by Crippen LogP contribution is 2.31. The lowest BCUT2D eigenvalue weighted by Crippen LogP contribution is -2.39. The highest BCUT2D eigenvalue weighted by molar-refractivity contribution is 7.15. The van der Waals surface area contributed by atoms with Gasteiger partial charge in [0.2, 0.25) is 5.13 Å². The van der Waals surface area contributed by atoms with E-state index in [0.29, 0.717) is 18.2 Å². The molecule has 0 spiro atoms. The minimum atomic E-state index is -0.165. The van der Waals surface area contributed by atoms with E-state index in [1.165, 1.54) is 16.9 Å². The zero-order chi connectivity index (χ0) is 19.5. The van der Waals surface area contributed by atoms with Gasteiger partial charge < -0.3 is 4.90 Å². The Labute approximate surface area is 167 Å². The summed E-state index contributed by atoms with van der Waals surface area (Å²) in [6.07, 6.45) is 3.47. The lowest BCUT2D eigenvalue weighted by atomic mass is 9.97. The third-order valence-corrected chi connectivity index (χ3v) is 5.86. The minimum absolute atomic E-state index is 0.165. The Bertz CT molecular complexity index is 974. The Morgan fingerprint density at radius 2 is 2.11 bits per heavy atom. The van der Waals surface area contributed by atoms with Crippen LogP contribution in [0.1, 0.15) is 46.9 Å². The summed E-state index contributed by atoms with van der Waals surface area (Å²) in [6.45, 7) is 5.15. The molecule has 0 bridgehead atoms. The van der Waals surface area contributed by atoms with Gasteiger partial charge in [0.05, 0.1) is 12.2 Å². The van der Waals surface area contributed by atoms with Gasteiger partial charge in [-0.3, -0.25) is 5.32 Å². The average Bonchev–Trinajstić information content (AvgIpc) is 3.17. The van der Waals surface area contributed by atoms with E-state index in [2.05, 4.69) is 44.5 Å². The predicted molar refractivity (Wildman–Crippen MR) is 108 cm³/mol. The molecule has 1 aliphatic heterocycles. The van der Waals surface area contributed by atoms with Gasteiger partial charge in [-0.05, 0) is 18.9 Å². The molecule has 7 nitrogen and oxygen atoms in total. The van der Waals surface area contributed by atoms with Crippen LogP contribution in [0.2, 0.25) is 0 Å². The highest BCUT2D eigenvalue weighted by Gasteiger charge is 2.24. The second-order valence-electron chi connectivity index (χ2n) is 6.81. The van der Waals surface area contributed by atoms with E-state index < -0.39 is 0 Å². The van der Waals surface area contributed by atoms with Crippen molar-refractivity contribution in [3.63, 3.8) is 0 Å². The SMILES string of the molecule is CCC(c1ccccc1)c1nnc(NC(=O)N2CCc3nc(C)ncc3C2)s1. The quantitative estimate of drug-likeness (QED) is 0.728. The normalized spacial score (nSPS) is 14.4. The molecule has 144 valence electrons. The molecule has 2 aromatic heterocycles. The number of aryl methyl sites for hydroxylation is 1. The van der Waals surface area contributed by atoms with Gasteiger partial charge >= 0.3 is 6.03 Å². The minimum Gasteiger partial charge on any atom is -0.320 e. The molecule has 4 rings (SSSR count). The molecule has 1 aliphatic rings. The van der Waals surface area contributed by atoms with Gasteiger partial charge in [-0.25, -0.2) is 14.8 Å². The number of carbonyl (C=O) groups is 1. The van der Waals surface area contributed by atoms with Crippen molar-refractivity contribution in [2.24, 2.45) is 0 Å². The highest BCUT2D eigenvalue weighted by atomic mass is 32.1. The summed E-state index contributed by atoms with van der Waals surface area (Å²) in [6, 6.07) is 10.1. The maximum atomic E-state index is 12.7. The first-order chi connectivity index (χ1) is 13.6. The van der Waals surface area contributed by atoms with Gasteiger partial charge in [-0.1, -0.05) is 48.6 Å². The van der Waals surface area contributed by atoms with Crippen LogP contribution < -0.4 is 5.32 Å². The van der Waals surface area contributed by atoms with Gasteiger partial charge in [-0.2, -0.15) is 0 Å². The molecule has 8 heteroatoms. The van der Waals surface area contributed by atoms with Crippen LogP contribution in [-0.4, -0.2) is 37.6 Å². The van der Waals surface area contributed by atoms with E-state index in [1.54, 1.807) is 4.90 Å². The van der Waals surface area contributed by atoms with E-state index in [4.69, 9.17) is 0 Å². The molecule has 28 heavy (non-hydrogen) atoms. The number of urea groups is 1. The second kappa shape index (κ2) is 8.02. The van der Waals surface area contributed by atoms with E-state index >= 15 is 0 Å². The second-order valence-corrected chi connectivity index (χ2v) is 7.82. The molecule has 0 saturated carbocycles. The van der Waals surface area contributed by atoms with Crippen LogP contribution in [0, 0.1) is 6.92 Å². The van der Waals surface area contributed by atoms with Crippen LogP contribution in [0.25, 0.3) is 0 Å². The molecule has 2 amide bonds. The van der Waals surface area contributed by atoms with Gasteiger partial charge in [-0.15, -0.1) is 10.2 Å². The molecule has 1 aromatic carbocycles. The van der Waals surface area contributed by atoms with Gasteiger partial charge in [0.25, 0.3) is 0 Å². The largest absolute Gasteiger partial charge is 0.324 e. The Hall–Kier alpha value is -2.87. The van der Waals surface area contributed by atoms with Crippen LogP contribution in [0.15, 0.2) is 36.5 Å². The van der Waals surface area contributed by atoms with Crippen molar-refractivity contribution < 1.29 is 4.79 Å². The predicted octanol–water partition coefficient (Wildman–Crippen LogP) is 3.77. The van der Waals surface area contributed by atoms with Crippen molar-refractivity contribution in [3.05, 3.63) is 64.2 Å². The summed E-state index contributed by atoms with van der Waals surface area (Å²) in [5, 5.41) is 12.8. The zero-order valence-corrected chi connectivity index (χ0v) is 16.7. The number of nitrogens with one attached hydrogen (secondary N) is 1. The summed E-state index contributed by atoms with van der Waals surface area (Å²) >= 11 is 1.43. The van der Waals surface area contributed by atoms with Crippen molar-refractivity contribution in [2.75, 3.05) is 11.9 Å². The number of hydrogen-bond acceptors (Lipinski definition) is 6. The molecule has 3 heterocycles. The Kier molecular flexibility index (Phi) is 5.29. The first-order valence-corrected chi connectivity index (χ1v) is 10.2. The van der Waals surface area contributed by atoms with Crippen LogP contribution in [0.3, 0.4) is 0 Å². The molecule has 0 fully saturated rings. The smallest absolute Gasteiger partial charge is 0.320 e. The number of carbonyl (C=O) groups excluding carboxylic acids is 1. The number of nitrogens with zero attached hydrogens (tertiary/aromatic N) is 5. The number of anilines is 1. The van der Waals surface area contributed by atoms with Gasteiger partial charge in [0.15, 0.2) is 0 Å². The number of rotatable bonds is 4. The maximum Gasteiger partial charge on any atom is 0.324 e. The number of amides is 2. The number of hydrogen-bond donors (Lipinski definition) is 1. The Morgan fingerprint density at radius 3 is 2.89 bits per heavy atom. The number of aromatic nitrogens is 4.